The SMILES string of the molecule is CCNC(=O)CN1CCN(C2CNC2)CC1. The van der Waals surface area contributed by atoms with Crippen LogP contribution in [0.15, 0.2) is 0 Å². The minimum absolute atomic E-state index is 0.154. The van der Waals surface area contributed by atoms with Crippen molar-refractivity contribution >= 4 is 5.91 Å². The smallest absolute Gasteiger partial charge is 0.234 e. The van der Waals surface area contributed by atoms with Crippen LogP contribution in [0.5, 0.6) is 0 Å². The molecule has 0 radical (unpaired) electrons. The molecule has 0 bridgehead atoms. The lowest BCUT2D eigenvalue weighted by molar-refractivity contribution is -0.122. The van der Waals surface area contributed by atoms with E-state index in [1.165, 1.54) is 0 Å². The zero-order chi connectivity index (χ0) is 11.4. The molecular formula is C11H22N4O. The van der Waals surface area contributed by atoms with E-state index < -0.39 is 0 Å². The summed E-state index contributed by atoms with van der Waals surface area (Å²) in [5.41, 5.74) is 0. The number of hydrogen-bond donors (Lipinski definition) is 2. The Kier molecular flexibility index (Phi) is 4.15. The van der Waals surface area contributed by atoms with E-state index in [2.05, 4.69) is 20.4 Å². The van der Waals surface area contributed by atoms with Gasteiger partial charge in [-0.25, -0.2) is 0 Å². The largest absolute Gasteiger partial charge is 0.355 e. The average molecular weight is 226 g/mol. The minimum Gasteiger partial charge on any atom is -0.355 e. The second-order valence-corrected chi connectivity index (χ2v) is 4.58. The molecule has 92 valence electrons. The van der Waals surface area contributed by atoms with Crippen LogP contribution in [0, 0.1) is 0 Å². The average Bonchev–Trinajstić information content (AvgIpc) is 2.18. The number of piperazine rings is 1. The summed E-state index contributed by atoms with van der Waals surface area (Å²) in [6.07, 6.45) is 0. The molecule has 0 spiro atoms. The highest BCUT2D eigenvalue weighted by Crippen LogP contribution is 2.09. The van der Waals surface area contributed by atoms with Gasteiger partial charge in [-0.3, -0.25) is 14.6 Å². The van der Waals surface area contributed by atoms with Crippen LogP contribution >= 0.6 is 0 Å². The monoisotopic (exact) mass is 226 g/mol. The third-order valence-corrected chi connectivity index (χ3v) is 3.42. The molecule has 0 aliphatic carbocycles. The highest BCUT2D eigenvalue weighted by molar-refractivity contribution is 5.77. The van der Waals surface area contributed by atoms with Crippen LogP contribution in [0.3, 0.4) is 0 Å². The number of amides is 1. The first kappa shape index (κ1) is 11.8. The van der Waals surface area contributed by atoms with Gasteiger partial charge in [-0.2, -0.15) is 0 Å². The molecule has 0 aromatic rings. The summed E-state index contributed by atoms with van der Waals surface area (Å²) in [6.45, 7) is 9.77. The summed E-state index contributed by atoms with van der Waals surface area (Å²) in [6, 6.07) is 0.742. The number of likely N-dealkylation sites (N-methyl/N-ethyl adjacent to an activating group) is 1. The maximum atomic E-state index is 11.4. The molecule has 5 nitrogen and oxygen atoms in total. The molecule has 5 heteroatoms. The van der Waals surface area contributed by atoms with Crippen molar-refractivity contribution in [1.82, 2.24) is 20.4 Å². The molecule has 16 heavy (non-hydrogen) atoms. The fourth-order valence-electron chi connectivity index (χ4n) is 2.27. The van der Waals surface area contributed by atoms with Gasteiger partial charge in [-0.05, 0) is 6.92 Å². The van der Waals surface area contributed by atoms with E-state index in [1.54, 1.807) is 0 Å². The van der Waals surface area contributed by atoms with Gasteiger partial charge < -0.3 is 10.6 Å². The molecule has 0 aromatic heterocycles. The molecule has 2 saturated heterocycles. The second-order valence-electron chi connectivity index (χ2n) is 4.58. The maximum absolute atomic E-state index is 11.4. The number of rotatable bonds is 4. The number of carbonyl (C=O) groups is 1. The first-order valence-electron chi connectivity index (χ1n) is 6.23. The third-order valence-electron chi connectivity index (χ3n) is 3.42. The molecule has 2 aliphatic heterocycles. The summed E-state index contributed by atoms with van der Waals surface area (Å²) in [4.78, 5) is 16.2. The Morgan fingerprint density at radius 1 is 1.31 bits per heavy atom. The molecule has 1 amide bonds. The lowest BCUT2D eigenvalue weighted by Crippen LogP contribution is -2.62. The van der Waals surface area contributed by atoms with E-state index in [0.29, 0.717) is 6.54 Å². The molecule has 2 heterocycles. The summed E-state index contributed by atoms with van der Waals surface area (Å²) in [7, 11) is 0. The van der Waals surface area contributed by atoms with E-state index >= 15 is 0 Å². The predicted octanol–water partition coefficient (Wildman–Crippen LogP) is -1.29. The van der Waals surface area contributed by atoms with Gasteiger partial charge in [0.25, 0.3) is 0 Å². The molecule has 0 unspecified atom stereocenters. The highest BCUT2D eigenvalue weighted by atomic mass is 16.2. The zero-order valence-corrected chi connectivity index (χ0v) is 10.0. The molecule has 0 atom stereocenters. The van der Waals surface area contributed by atoms with Crippen molar-refractivity contribution in [2.24, 2.45) is 0 Å². The standard InChI is InChI=1S/C11H22N4O/c1-2-13-11(16)9-14-3-5-15(6-4-14)10-7-12-8-10/h10,12H,2-9H2,1H3,(H,13,16). The number of carbonyl (C=O) groups excluding carboxylic acids is 1. The number of nitrogens with zero attached hydrogens (tertiary/aromatic N) is 2. The van der Waals surface area contributed by atoms with Crippen molar-refractivity contribution in [1.29, 1.82) is 0 Å². The van der Waals surface area contributed by atoms with Gasteiger partial charge >= 0.3 is 0 Å². The second kappa shape index (κ2) is 5.61. The quantitative estimate of drug-likeness (QED) is 0.626. The fraction of sp³-hybridized carbons (Fsp3) is 0.909. The van der Waals surface area contributed by atoms with Crippen LogP contribution in [-0.2, 0) is 4.79 Å². The van der Waals surface area contributed by atoms with Crippen LogP contribution in [0.1, 0.15) is 6.92 Å². The predicted molar refractivity (Wildman–Crippen MR) is 63.4 cm³/mol. The van der Waals surface area contributed by atoms with Gasteiger partial charge in [0.15, 0.2) is 0 Å². The summed E-state index contributed by atoms with van der Waals surface area (Å²) in [5.74, 6) is 0.154. The van der Waals surface area contributed by atoms with E-state index in [4.69, 9.17) is 0 Å². The Hall–Kier alpha value is -0.650. The number of nitrogens with one attached hydrogen (secondary N) is 2. The van der Waals surface area contributed by atoms with Crippen molar-refractivity contribution in [2.45, 2.75) is 13.0 Å². The minimum atomic E-state index is 0.154. The van der Waals surface area contributed by atoms with Gasteiger partial charge in [-0.15, -0.1) is 0 Å². The number of hydrogen-bond acceptors (Lipinski definition) is 4. The van der Waals surface area contributed by atoms with Gasteiger partial charge in [0.1, 0.15) is 0 Å². The van der Waals surface area contributed by atoms with E-state index in [-0.39, 0.29) is 5.91 Å². The third kappa shape index (κ3) is 2.93. The van der Waals surface area contributed by atoms with Gasteiger partial charge in [-0.1, -0.05) is 0 Å². The highest BCUT2D eigenvalue weighted by Gasteiger charge is 2.27. The molecule has 0 saturated carbocycles. The van der Waals surface area contributed by atoms with Crippen LogP contribution in [-0.4, -0.2) is 74.1 Å². The van der Waals surface area contributed by atoms with Gasteiger partial charge in [0.05, 0.1) is 6.54 Å². The summed E-state index contributed by atoms with van der Waals surface area (Å²) in [5, 5.41) is 6.14. The van der Waals surface area contributed by atoms with Gasteiger partial charge in [0.2, 0.25) is 5.91 Å². The van der Waals surface area contributed by atoms with Crippen molar-refractivity contribution in [3.05, 3.63) is 0 Å². The van der Waals surface area contributed by atoms with E-state index in [0.717, 1.165) is 51.9 Å². The normalized spacial score (nSPS) is 24.1. The topological polar surface area (TPSA) is 47.6 Å². The molecule has 2 rings (SSSR count). The Morgan fingerprint density at radius 2 is 2.00 bits per heavy atom. The molecule has 2 fully saturated rings. The van der Waals surface area contributed by atoms with Crippen molar-refractivity contribution in [3.63, 3.8) is 0 Å². The lowest BCUT2D eigenvalue weighted by Gasteiger charge is -2.43. The molecule has 2 N–H and O–H groups in total. The fourth-order valence-corrected chi connectivity index (χ4v) is 2.27. The molecule has 2 aliphatic rings. The van der Waals surface area contributed by atoms with Crippen LogP contribution in [0.2, 0.25) is 0 Å². The van der Waals surface area contributed by atoms with Crippen molar-refractivity contribution in [2.75, 3.05) is 52.4 Å². The molecule has 0 aromatic carbocycles. The zero-order valence-electron chi connectivity index (χ0n) is 10.0. The van der Waals surface area contributed by atoms with Gasteiger partial charge in [0, 0.05) is 51.9 Å². The van der Waals surface area contributed by atoms with Crippen molar-refractivity contribution in [3.8, 4) is 0 Å². The van der Waals surface area contributed by atoms with Crippen LogP contribution in [0.25, 0.3) is 0 Å². The van der Waals surface area contributed by atoms with Crippen LogP contribution in [0.4, 0.5) is 0 Å². The van der Waals surface area contributed by atoms with Crippen molar-refractivity contribution < 1.29 is 4.79 Å². The summed E-state index contributed by atoms with van der Waals surface area (Å²) >= 11 is 0. The maximum Gasteiger partial charge on any atom is 0.234 e. The van der Waals surface area contributed by atoms with E-state index in [9.17, 15) is 4.79 Å². The Balaban J connectivity index is 1.66. The first-order chi connectivity index (χ1) is 7.79. The Morgan fingerprint density at radius 3 is 2.50 bits per heavy atom. The Bertz CT molecular complexity index is 234. The van der Waals surface area contributed by atoms with E-state index in [1.807, 2.05) is 6.92 Å². The molecular weight excluding hydrogens is 204 g/mol. The van der Waals surface area contributed by atoms with Crippen LogP contribution < -0.4 is 10.6 Å². The summed E-state index contributed by atoms with van der Waals surface area (Å²) < 4.78 is 0. The first-order valence-corrected chi connectivity index (χ1v) is 6.23. The lowest BCUT2D eigenvalue weighted by atomic mass is 10.1. The Labute approximate surface area is 97.2 Å².